The summed E-state index contributed by atoms with van der Waals surface area (Å²) >= 11 is 6.03. The minimum atomic E-state index is -1.57. The lowest BCUT2D eigenvalue weighted by atomic mass is 9.71. The van der Waals surface area contributed by atoms with Gasteiger partial charge in [-0.1, -0.05) is 23.7 Å². The van der Waals surface area contributed by atoms with Crippen LogP contribution in [0.15, 0.2) is 30.3 Å². The van der Waals surface area contributed by atoms with Crippen LogP contribution in [0, 0.1) is 24.0 Å². The number of hydrogen-bond donors (Lipinski definition) is 2. The zero-order valence-electron chi connectivity index (χ0n) is 28.2. The number of carbonyl (C=O) groups excluding carboxylic acids is 1. The molecular weight excluding hydrogens is 616 g/mol. The molecule has 3 aromatic rings. The van der Waals surface area contributed by atoms with E-state index in [0.29, 0.717) is 37.3 Å². The van der Waals surface area contributed by atoms with Gasteiger partial charge in [0.2, 0.25) is 0 Å². The number of nitrogens with one attached hydrogen (secondary N) is 1. The van der Waals surface area contributed by atoms with Gasteiger partial charge >= 0.3 is 5.97 Å². The number of aliphatic hydroxyl groups excluding tert-OH is 1. The molecule has 3 heterocycles. The highest BCUT2D eigenvalue weighted by molar-refractivity contribution is 6.30. The Kier molecular flexibility index (Phi) is 10.5. The Labute approximate surface area is 275 Å². The highest BCUT2D eigenvalue weighted by Gasteiger charge is 2.47. The monoisotopic (exact) mass is 661 g/mol. The Morgan fingerprint density at radius 1 is 1.17 bits per heavy atom. The number of halogens is 3. The lowest BCUT2D eigenvalue weighted by Crippen LogP contribution is -2.51. The van der Waals surface area contributed by atoms with Gasteiger partial charge in [0.15, 0.2) is 17.9 Å². The SMILES string of the molecule is COC(O)c1cc(Nc2cc(C)n(C(C)(C)C)n2)nc(C[C@@]2(C(=O)OC(C)(C)C)CCN(Cc3cccc(Cl)c3F)[C@H](C)C2)c1F. The second kappa shape index (κ2) is 13.5. The van der Waals surface area contributed by atoms with Crippen molar-refractivity contribution < 1.29 is 28.2 Å². The Balaban J connectivity index is 1.71. The number of rotatable bonds is 9. The van der Waals surface area contributed by atoms with E-state index in [9.17, 15) is 14.3 Å². The molecule has 0 bridgehead atoms. The molecule has 1 unspecified atom stereocenters. The summed E-state index contributed by atoms with van der Waals surface area (Å²) in [5.74, 6) is -0.971. The van der Waals surface area contributed by atoms with Crippen molar-refractivity contribution >= 4 is 29.2 Å². The van der Waals surface area contributed by atoms with Gasteiger partial charge in [-0.05, 0) is 86.9 Å². The summed E-state index contributed by atoms with van der Waals surface area (Å²) in [5, 5.41) is 18.4. The molecule has 0 radical (unpaired) electrons. The molecular formula is C34H46ClF2N5O4. The van der Waals surface area contributed by atoms with Crippen molar-refractivity contribution in [2.45, 2.75) is 105 Å². The van der Waals surface area contributed by atoms with E-state index < -0.39 is 34.9 Å². The van der Waals surface area contributed by atoms with Gasteiger partial charge in [-0.15, -0.1) is 0 Å². The Morgan fingerprint density at radius 3 is 2.46 bits per heavy atom. The minimum Gasteiger partial charge on any atom is -0.460 e. The first kappa shape index (κ1) is 35.7. The van der Waals surface area contributed by atoms with E-state index >= 15 is 4.39 Å². The van der Waals surface area contributed by atoms with Crippen LogP contribution in [0.4, 0.5) is 20.4 Å². The van der Waals surface area contributed by atoms with Gasteiger partial charge in [-0.25, -0.2) is 13.8 Å². The third-order valence-corrected chi connectivity index (χ3v) is 8.54. The summed E-state index contributed by atoms with van der Waals surface area (Å²) in [5.41, 5.74) is -0.978. The fourth-order valence-electron chi connectivity index (χ4n) is 6.06. The molecule has 4 rings (SSSR count). The summed E-state index contributed by atoms with van der Waals surface area (Å²) in [6.45, 7) is 16.1. The van der Waals surface area contributed by atoms with E-state index in [4.69, 9.17) is 21.1 Å². The smallest absolute Gasteiger partial charge is 0.313 e. The number of anilines is 2. The lowest BCUT2D eigenvalue weighted by molar-refractivity contribution is -0.172. The maximum Gasteiger partial charge on any atom is 0.313 e. The molecule has 0 amide bonds. The number of ether oxygens (including phenoxy) is 2. The molecule has 1 aliphatic rings. The molecule has 1 aliphatic heterocycles. The molecule has 46 heavy (non-hydrogen) atoms. The number of likely N-dealkylation sites (tertiary alicyclic amines) is 1. The van der Waals surface area contributed by atoms with Gasteiger partial charge in [-0.2, -0.15) is 5.10 Å². The normalized spacial score (nSPS) is 20.1. The van der Waals surface area contributed by atoms with Gasteiger partial charge in [0.1, 0.15) is 17.2 Å². The van der Waals surface area contributed by atoms with Crippen LogP contribution >= 0.6 is 11.6 Å². The summed E-state index contributed by atoms with van der Waals surface area (Å²) in [6.07, 6.45) is -1.04. The number of hydrogen-bond acceptors (Lipinski definition) is 8. The summed E-state index contributed by atoms with van der Waals surface area (Å²) < 4.78 is 43.8. The molecule has 2 N–H and O–H groups in total. The number of aromatic nitrogens is 3. The van der Waals surface area contributed by atoms with Crippen LogP contribution in [0.1, 0.15) is 90.1 Å². The molecule has 1 fully saturated rings. The molecule has 9 nitrogen and oxygen atoms in total. The number of nitrogens with zero attached hydrogens (tertiary/aromatic N) is 4. The third-order valence-electron chi connectivity index (χ3n) is 8.25. The number of piperidine rings is 1. The van der Waals surface area contributed by atoms with E-state index in [0.717, 1.165) is 5.69 Å². The number of aliphatic hydroxyl groups is 1. The number of esters is 1. The predicted octanol–water partition coefficient (Wildman–Crippen LogP) is 7.21. The highest BCUT2D eigenvalue weighted by Crippen LogP contribution is 2.42. The van der Waals surface area contributed by atoms with E-state index in [1.54, 1.807) is 32.9 Å². The van der Waals surface area contributed by atoms with E-state index in [1.807, 2.05) is 45.4 Å². The predicted molar refractivity (Wildman–Crippen MR) is 174 cm³/mol. The zero-order chi connectivity index (χ0) is 34.2. The number of benzene rings is 1. The fraction of sp³-hybridized carbons (Fsp3) is 0.559. The van der Waals surface area contributed by atoms with Gasteiger partial charge in [0.05, 0.1) is 21.7 Å². The third kappa shape index (κ3) is 8.05. The molecule has 0 spiro atoms. The average molecular weight is 662 g/mol. The maximum absolute atomic E-state index is 16.2. The number of pyridine rings is 1. The highest BCUT2D eigenvalue weighted by atomic mass is 35.5. The van der Waals surface area contributed by atoms with Crippen LogP contribution < -0.4 is 5.32 Å². The molecule has 3 atom stereocenters. The first-order chi connectivity index (χ1) is 21.3. The average Bonchev–Trinajstić information content (AvgIpc) is 3.33. The van der Waals surface area contributed by atoms with Crippen molar-refractivity contribution in [3.8, 4) is 0 Å². The van der Waals surface area contributed by atoms with Crippen molar-refractivity contribution in [3.05, 3.63) is 69.5 Å². The summed E-state index contributed by atoms with van der Waals surface area (Å²) in [6, 6.07) is 7.93. The summed E-state index contributed by atoms with van der Waals surface area (Å²) in [7, 11) is 1.27. The van der Waals surface area contributed by atoms with Crippen LogP contribution in [0.25, 0.3) is 0 Å². The van der Waals surface area contributed by atoms with Gasteiger partial charge in [0.25, 0.3) is 0 Å². The van der Waals surface area contributed by atoms with E-state index in [-0.39, 0.29) is 40.1 Å². The second-order valence-electron chi connectivity index (χ2n) is 14.3. The van der Waals surface area contributed by atoms with E-state index in [1.165, 1.54) is 19.2 Å². The standard InChI is InChI=1S/C34H46ClF2N5O4/c1-20-15-27(40-42(20)32(3,4)5)39-26-16-23(30(43)45-9)29(37)25(38-26)18-34(31(44)46-33(6,7)8)13-14-41(21(2)17-34)19-22-11-10-12-24(35)28(22)36/h10-12,15-16,21,30,43H,13-14,17-19H2,1-9H3,(H,38,39,40)/t21-,30?,34-/m1/s1. The summed E-state index contributed by atoms with van der Waals surface area (Å²) in [4.78, 5) is 20.7. The van der Waals surface area contributed by atoms with Crippen molar-refractivity contribution in [3.63, 3.8) is 0 Å². The van der Waals surface area contributed by atoms with Gasteiger partial charge in [0, 0.05) is 49.0 Å². The topological polar surface area (TPSA) is 102 Å². The van der Waals surface area contributed by atoms with Gasteiger partial charge in [-0.3, -0.25) is 14.4 Å². The van der Waals surface area contributed by atoms with Crippen LogP contribution in [0.2, 0.25) is 5.02 Å². The molecule has 2 aromatic heterocycles. The lowest BCUT2D eigenvalue weighted by Gasteiger charge is -2.45. The number of methoxy groups -OCH3 is 1. The molecule has 12 heteroatoms. The molecule has 0 saturated carbocycles. The molecule has 1 saturated heterocycles. The fourth-order valence-corrected chi connectivity index (χ4v) is 6.26. The minimum absolute atomic E-state index is 0.0181. The Morgan fingerprint density at radius 2 is 1.87 bits per heavy atom. The maximum atomic E-state index is 16.2. The number of carbonyl (C=O) groups is 1. The van der Waals surface area contributed by atoms with Crippen LogP contribution in [0.3, 0.4) is 0 Å². The first-order valence-corrected chi connectivity index (χ1v) is 15.9. The first-order valence-electron chi connectivity index (χ1n) is 15.5. The molecule has 0 aliphatic carbocycles. The van der Waals surface area contributed by atoms with Crippen molar-refractivity contribution in [1.82, 2.24) is 19.7 Å². The van der Waals surface area contributed by atoms with Crippen molar-refractivity contribution in [2.24, 2.45) is 5.41 Å². The second-order valence-corrected chi connectivity index (χ2v) is 14.7. The van der Waals surface area contributed by atoms with Crippen LogP contribution in [-0.2, 0) is 32.8 Å². The van der Waals surface area contributed by atoms with Crippen molar-refractivity contribution in [2.75, 3.05) is 19.0 Å². The van der Waals surface area contributed by atoms with Crippen LogP contribution in [-0.4, -0.2) is 56.0 Å². The molecule has 252 valence electrons. The van der Waals surface area contributed by atoms with Crippen LogP contribution in [0.5, 0.6) is 0 Å². The van der Waals surface area contributed by atoms with Gasteiger partial charge < -0.3 is 19.9 Å². The Hall–Kier alpha value is -3.12. The quantitative estimate of drug-likeness (QED) is 0.183. The largest absolute Gasteiger partial charge is 0.460 e. The molecule has 1 aromatic carbocycles. The zero-order valence-corrected chi connectivity index (χ0v) is 28.9. The van der Waals surface area contributed by atoms with Crippen molar-refractivity contribution in [1.29, 1.82) is 0 Å². The number of aryl methyl sites for hydroxylation is 1. The Bertz CT molecular complexity index is 1570. The van der Waals surface area contributed by atoms with E-state index in [2.05, 4.69) is 20.3 Å².